The van der Waals surface area contributed by atoms with Crippen LogP contribution in [0.15, 0.2) is 60.8 Å². The summed E-state index contributed by atoms with van der Waals surface area (Å²) in [5.41, 5.74) is 1.86. The Bertz CT molecular complexity index is 939. The molecule has 0 atom stereocenters. The van der Waals surface area contributed by atoms with Gasteiger partial charge in [-0.05, 0) is 37.2 Å². The monoisotopic (exact) mass is 446 g/mol. The summed E-state index contributed by atoms with van der Waals surface area (Å²) in [6.07, 6.45) is 2.58. The smallest absolute Gasteiger partial charge is 0.213 e. The first-order valence-electron chi connectivity index (χ1n) is 9.64. The molecular formula is C23H24Cl2N2O3. The third-order valence-corrected chi connectivity index (χ3v) is 4.96. The topological polar surface area (TPSA) is 52.6 Å². The van der Waals surface area contributed by atoms with Crippen molar-refractivity contribution in [2.75, 3.05) is 20.3 Å². The van der Waals surface area contributed by atoms with E-state index in [2.05, 4.69) is 10.3 Å². The van der Waals surface area contributed by atoms with E-state index in [1.165, 1.54) is 0 Å². The maximum atomic E-state index is 6.26. The van der Waals surface area contributed by atoms with Crippen LogP contribution in [0.25, 0.3) is 0 Å². The van der Waals surface area contributed by atoms with Crippen molar-refractivity contribution < 1.29 is 14.2 Å². The molecule has 0 spiro atoms. The van der Waals surface area contributed by atoms with Gasteiger partial charge in [-0.15, -0.1) is 0 Å². The average molecular weight is 447 g/mol. The van der Waals surface area contributed by atoms with Gasteiger partial charge in [-0.1, -0.05) is 47.5 Å². The largest absolute Gasteiger partial charge is 0.493 e. The standard InChI is InChI=1S/C23H24Cl2N2O3/c1-28-21-7-4-6-17(15-26-11-5-13-29-22-8-2-3-12-27-22)23(21)30-16-18-9-10-19(24)14-20(18)25/h2-4,6-10,12,14,26H,5,11,13,15-16H2,1H3. The Hall–Kier alpha value is -2.47. The van der Waals surface area contributed by atoms with Gasteiger partial charge in [0.25, 0.3) is 0 Å². The first-order valence-corrected chi connectivity index (χ1v) is 10.4. The van der Waals surface area contributed by atoms with Crippen LogP contribution in [0.4, 0.5) is 0 Å². The number of benzene rings is 2. The van der Waals surface area contributed by atoms with Gasteiger partial charge in [-0.2, -0.15) is 0 Å². The summed E-state index contributed by atoms with van der Waals surface area (Å²) >= 11 is 12.2. The van der Waals surface area contributed by atoms with E-state index in [0.717, 1.165) is 24.1 Å². The zero-order valence-corrected chi connectivity index (χ0v) is 18.2. The van der Waals surface area contributed by atoms with Crippen molar-refractivity contribution in [2.45, 2.75) is 19.6 Å². The summed E-state index contributed by atoms with van der Waals surface area (Å²) in [5.74, 6) is 2.02. The van der Waals surface area contributed by atoms with E-state index in [-0.39, 0.29) is 0 Å². The zero-order chi connectivity index (χ0) is 21.2. The SMILES string of the molecule is COc1cccc(CNCCCOc2ccccn2)c1OCc1ccc(Cl)cc1Cl. The van der Waals surface area contributed by atoms with Crippen molar-refractivity contribution in [1.82, 2.24) is 10.3 Å². The van der Waals surface area contributed by atoms with Gasteiger partial charge in [-0.25, -0.2) is 4.98 Å². The Kier molecular flexibility index (Phi) is 8.63. The number of nitrogens with zero attached hydrogens (tertiary/aromatic N) is 1. The van der Waals surface area contributed by atoms with E-state index >= 15 is 0 Å². The molecule has 2 aromatic carbocycles. The van der Waals surface area contributed by atoms with Crippen LogP contribution in [0.5, 0.6) is 17.4 Å². The number of para-hydroxylation sites is 1. The van der Waals surface area contributed by atoms with Crippen LogP contribution < -0.4 is 19.5 Å². The molecule has 158 valence electrons. The van der Waals surface area contributed by atoms with Gasteiger partial charge in [0, 0.05) is 40.0 Å². The molecule has 0 amide bonds. The van der Waals surface area contributed by atoms with Crippen LogP contribution in [0.3, 0.4) is 0 Å². The van der Waals surface area contributed by atoms with E-state index in [4.69, 9.17) is 37.4 Å². The van der Waals surface area contributed by atoms with Gasteiger partial charge in [0.2, 0.25) is 5.88 Å². The highest BCUT2D eigenvalue weighted by atomic mass is 35.5. The molecule has 1 heterocycles. The van der Waals surface area contributed by atoms with Crippen molar-refractivity contribution in [3.63, 3.8) is 0 Å². The highest BCUT2D eigenvalue weighted by molar-refractivity contribution is 6.35. The second-order valence-electron chi connectivity index (χ2n) is 6.52. The first-order chi connectivity index (χ1) is 14.7. The van der Waals surface area contributed by atoms with Gasteiger partial charge >= 0.3 is 0 Å². The molecule has 0 unspecified atom stereocenters. The fourth-order valence-electron chi connectivity index (χ4n) is 2.84. The minimum absolute atomic E-state index is 0.321. The summed E-state index contributed by atoms with van der Waals surface area (Å²) in [5, 5.41) is 4.59. The van der Waals surface area contributed by atoms with E-state index in [0.29, 0.717) is 47.2 Å². The molecule has 1 N–H and O–H groups in total. The molecule has 7 heteroatoms. The summed E-state index contributed by atoms with van der Waals surface area (Å²) in [7, 11) is 1.63. The number of nitrogens with one attached hydrogen (secondary N) is 1. The van der Waals surface area contributed by atoms with Gasteiger partial charge in [0.15, 0.2) is 11.5 Å². The molecule has 0 fully saturated rings. The fraction of sp³-hybridized carbons (Fsp3) is 0.261. The van der Waals surface area contributed by atoms with E-state index in [9.17, 15) is 0 Å². The summed E-state index contributed by atoms with van der Waals surface area (Å²) < 4.78 is 17.2. The predicted octanol–water partition coefficient (Wildman–Crippen LogP) is 5.53. The van der Waals surface area contributed by atoms with Crippen LogP contribution in [0, 0.1) is 0 Å². The van der Waals surface area contributed by atoms with E-state index < -0.39 is 0 Å². The Balaban J connectivity index is 1.53. The third kappa shape index (κ3) is 6.52. The average Bonchev–Trinajstić information content (AvgIpc) is 2.76. The zero-order valence-electron chi connectivity index (χ0n) is 16.7. The van der Waals surface area contributed by atoms with Crippen LogP contribution in [0.1, 0.15) is 17.5 Å². The number of rotatable bonds is 11. The van der Waals surface area contributed by atoms with Crippen LogP contribution in [0.2, 0.25) is 10.0 Å². The molecule has 0 saturated heterocycles. The molecule has 5 nitrogen and oxygen atoms in total. The number of halogens is 2. The molecule has 0 bridgehead atoms. The molecule has 0 saturated carbocycles. The number of aromatic nitrogens is 1. The van der Waals surface area contributed by atoms with E-state index in [1.54, 1.807) is 25.4 Å². The molecule has 0 aliphatic rings. The lowest BCUT2D eigenvalue weighted by molar-refractivity contribution is 0.279. The van der Waals surface area contributed by atoms with E-state index in [1.807, 2.05) is 42.5 Å². The number of hydrogen-bond donors (Lipinski definition) is 1. The molecule has 0 aliphatic carbocycles. The fourth-order valence-corrected chi connectivity index (χ4v) is 3.31. The lowest BCUT2D eigenvalue weighted by Gasteiger charge is -2.16. The Labute approximate surface area is 186 Å². The summed E-state index contributed by atoms with van der Waals surface area (Å²) in [6.45, 7) is 2.36. The predicted molar refractivity (Wildman–Crippen MR) is 120 cm³/mol. The Morgan fingerprint density at radius 3 is 2.63 bits per heavy atom. The van der Waals surface area contributed by atoms with Crippen molar-refractivity contribution >= 4 is 23.2 Å². The van der Waals surface area contributed by atoms with Gasteiger partial charge in [-0.3, -0.25) is 0 Å². The van der Waals surface area contributed by atoms with Crippen LogP contribution in [-0.4, -0.2) is 25.2 Å². The molecule has 0 aliphatic heterocycles. The minimum Gasteiger partial charge on any atom is -0.493 e. The normalized spacial score (nSPS) is 10.6. The number of pyridine rings is 1. The molecular weight excluding hydrogens is 423 g/mol. The summed E-state index contributed by atoms with van der Waals surface area (Å²) in [4.78, 5) is 4.14. The molecule has 1 aromatic heterocycles. The number of hydrogen-bond acceptors (Lipinski definition) is 5. The third-order valence-electron chi connectivity index (χ3n) is 4.37. The van der Waals surface area contributed by atoms with Crippen LogP contribution in [-0.2, 0) is 13.2 Å². The Morgan fingerprint density at radius 1 is 0.967 bits per heavy atom. The summed E-state index contributed by atoms with van der Waals surface area (Å²) in [6, 6.07) is 16.8. The van der Waals surface area contributed by atoms with Gasteiger partial charge < -0.3 is 19.5 Å². The maximum Gasteiger partial charge on any atom is 0.213 e. The highest BCUT2D eigenvalue weighted by Crippen LogP contribution is 2.32. The maximum absolute atomic E-state index is 6.26. The second kappa shape index (κ2) is 11.6. The highest BCUT2D eigenvalue weighted by Gasteiger charge is 2.12. The minimum atomic E-state index is 0.321. The molecule has 30 heavy (non-hydrogen) atoms. The first kappa shape index (κ1) is 22.2. The van der Waals surface area contributed by atoms with Gasteiger partial charge in [0.1, 0.15) is 6.61 Å². The molecule has 3 rings (SSSR count). The van der Waals surface area contributed by atoms with Crippen molar-refractivity contribution in [3.05, 3.63) is 82.0 Å². The molecule has 0 radical (unpaired) electrons. The lowest BCUT2D eigenvalue weighted by Crippen LogP contribution is -2.18. The van der Waals surface area contributed by atoms with Crippen molar-refractivity contribution in [2.24, 2.45) is 0 Å². The molecule has 3 aromatic rings. The van der Waals surface area contributed by atoms with Crippen LogP contribution >= 0.6 is 23.2 Å². The van der Waals surface area contributed by atoms with Crippen molar-refractivity contribution in [1.29, 1.82) is 0 Å². The quantitative estimate of drug-likeness (QED) is 0.392. The van der Waals surface area contributed by atoms with Crippen molar-refractivity contribution in [3.8, 4) is 17.4 Å². The van der Waals surface area contributed by atoms with Gasteiger partial charge in [0.05, 0.1) is 13.7 Å². The lowest BCUT2D eigenvalue weighted by atomic mass is 10.1. The Morgan fingerprint density at radius 2 is 1.87 bits per heavy atom. The number of methoxy groups -OCH3 is 1. The number of ether oxygens (including phenoxy) is 3. The second-order valence-corrected chi connectivity index (χ2v) is 7.36.